The minimum Gasteiger partial charge on any atom is -0.481 e. The van der Waals surface area contributed by atoms with Crippen molar-refractivity contribution >= 4 is 11.7 Å². The lowest BCUT2D eigenvalue weighted by atomic mass is 9.68. The van der Waals surface area contributed by atoms with E-state index in [1.165, 1.54) is 30.5 Å². The van der Waals surface area contributed by atoms with Crippen LogP contribution in [0.5, 0.6) is 0 Å². The number of carboxylic acids is 1. The molecule has 32 heavy (non-hydrogen) atoms. The van der Waals surface area contributed by atoms with E-state index in [1.54, 1.807) is 0 Å². The van der Waals surface area contributed by atoms with Gasteiger partial charge in [0.1, 0.15) is 0 Å². The summed E-state index contributed by atoms with van der Waals surface area (Å²) in [5.41, 5.74) is 2.34. The summed E-state index contributed by atoms with van der Waals surface area (Å²) < 4.78 is 6.27. The zero-order valence-corrected chi connectivity index (χ0v) is 19.3. The van der Waals surface area contributed by atoms with Gasteiger partial charge in [0, 0.05) is 36.7 Å². The van der Waals surface area contributed by atoms with E-state index in [2.05, 4.69) is 35.2 Å². The topological polar surface area (TPSA) is 62.1 Å². The third-order valence-electron chi connectivity index (χ3n) is 8.67. The van der Waals surface area contributed by atoms with E-state index in [4.69, 9.17) is 9.73 Å². The number of piperidine rings is 1. The highest BCUT2D eigenvalue weighted by Gasteiger charge is 2.47. The van der Waals surface area contributed by atoms with Crippen LogP contribution in [0.15, 0.2) is 35.3 Å². The molecule has 5 rings (SSSR count). The van der Waals surface area contributed by atoms with Gasteiger partial charge in [-0.15, -0.1) is 0 Å². The van der Waals surface area contributed by atoms with Crippen LogP contribution in [0, 0.1) is 16.7 Å². The minimum atomic E-state index is -0.600. The van der Waals surface area contributed by atoms with Gasteiger partial charge in [-0.1, -0.05) is 43.2 Å². The van der Waals surface area contributed by atoms with Crippen LogP contribution in [0.2, 0.25) is 0 Å². The molecule has 4 fully saturated rings. The molecule has 0 bridgehead atoms. The summed E-state index contributed by atoms with van der Waals surface area (Å²) in [6, 6.07) is 10.7. The first-order valence-corrected chi connectivity index (χ1v) is 12.7. The average Bonchev–Trinajstić information content (AvgIpc) is 3.53. The maximum Gasteiger partial charge on any atom is 0.310 e. The van der Waals surface area contributed by atoms with Crippen LogP contribution in [0.25, 0.3) is 0 Å². The summed E-state index contributed by atoms with van der Waals surface area (Å²) >= 11 is 0. The molecule has 3 aliphatic carbocycles. The second kappa shape index (κ2) is 9.26. The number of aliphatic carboxylic acids is 1. The Labute approximate surface area is 192 Å². The molecule has 1 atom stereocenters. The normalized spacial score (nSPS) is 28.1. The number of hydrogen-bond donors (Lipinski definition) is 1. The van der Waals surface area contributed by atoms with Crippen molar-refractivity contribution in [2.24, 2.45) is 21.7 Å². The largest absolute Gasteiger partial charge is 0.481 e. The van der Waals surface area contributed by atoms with E-state index < -0.39 is 11.4 Å². The molecule has 1 aromatic rings. The standard InChI is InChI=1S/C27H38N2O3/c30-25(31)27(10-5-11-27)19-29-14-12-26(13-15-29,20-32-17-21-6-4-7-21)18-28-24-16-23(24)22-8-2-1-3-9-22/h1-3,8-9,21,23H,4-7,10-20H2,(H,30,31). The molecule has 5 nitrogen and oxygen atoms in total. The predicted octanol–water partition coefficient (Wildman–Crippen LogP) is 4.77. The number of ether oxygens (including phenoxy) is 1. The van der Waals surface area contributed by atoms with Crippen LogP contribution in [0.1, 0.15) is 69.3 Å². The minimum absolute atomic E-state index is 0.104. The molecule has 3 saturated carbocycles. The van der Waals surface area contributed by atoms with Gasteiger partial charge in [0.05, 0.1) is 12.0 Å². The molecule has 174 valence electrons. The van der Waals surface area contributed by atoms with Crippen molar-refractivity contribution in [2.45, 2.75) is 63.7 Å². The predicted molar refractivity (Wildman–Crippen MR) is 126 cm³/mol. The SMILES string of the molecule is O=C(O)C1(CN2CCC(CN=C3CC3c3ccccc3)(COCC3CCC3)CC2)CCC1. The van der Waals surface area contributed by atoms with Crippen molar-refractivity contribution < 1.29 is 14.6 Å². The van der Waals surface area contributed by atoms with Gasteiger partial charge >= 0.3 is 5.97 Å². The van der Waals surface area contributed by atoms with Crippen molar-refractivity contribution in [3.63, 3.8) is 0 Å². The lowest BCUT2D eigenvalue weighted by Crippen LogP contribution is -2.52. The van der Waals surface area contributed by atoms with Crippen LogP contribution >= 0.6 is 0 Å². The molecule has 5 heteroatoms. The van der Waals surface area contributed by atoms with Crippen LogP contribution in [-0.4, -0.2) is 61.1 Å². The summed E-state index contributed by atoms with van der Waals surface area (Å²) in [6.07, 6.45) is 9.92. The Balaban J connectivity index is 1.19. The first-order valence-electron chi connectivity index (χ1n) is 12.7. The molecule has 1 heterocycles. The Morgan fingerprint density at radius 3 is 2.44 bits per heavy atom. The van der Waals surface area contributed by atoms with Gasteiger partial charge in [-0.25, -0.2) is 0 Å². The molecule has 1 N–H and O–H groups in total. The van der Waals surface area contributed by atoms with Gasteiger partial charge < -0.3 is 14.7 Å². The van der Waals surface area contributed by atoms with Crippen LogP contribution in [0.4, 0.5) is 0 Å². The van der Waals surface area contributed by atoms with E-state index in [9.17, 15) is 9.90 Å². The molecule has 0 radical (unpaired) electrons. The number of carboxylic acid groups (broad SMARTS) is 1. The summed E-state index contributed by atoms with van der Waals surface area (Å²) in [4.78, 5) is 19.3. The Morgan fingerprint density at radius 2 is 1.84 bits per heavy atom. The van der Waals surface area contributed by atoms with Crippen LogP contribution < -0.4 is 0 Å². The Morgan fingerprint density at radius 1 is 1.09 bits per heavy atom. The fourth-order valence-electron chi connectivity index (χ4n) is 5.70. The van der Waals surface area contributed by atoms with Gasteiger partial charge in [-0.05, 0) is 69.5 Å². The summed E-state index contributed by atoms with van der Waals surface area (Å²) in [5.74, 6) is 0.674. The fourth-order valence-corrected chi connectivity index (χ4v) is 5.70. The Kier molecular flexibility index (Phi) is 6.39. The van der Waals surface area contributed by atoms with Crippen molar-refractivity contribution in [3.05, 3.63) is 35.9 Å². The average molecular weight is 439 g/mol. The number of nitrogens with zero attached hydrogens (tertiary/aromatic N) is 2. The van der Waals surface area contributed by atoms with E-state index in [0.29, 0.717) is 12.5 Å². The van der Waals surface area contributed by atoms with E-state index in [0.717, 1.165) is 77.3 Å². The Bertz CT molecular complexity index is 821. The second-order valence-electron chi connectivity index (χ2n) is 11.0. The van der Waals surface area contributed by atoms with Gasteiger partial charge in [0.2, 0.25) is 0 Å². The molecule has 1 aliphatic heterocycles. The fraction of sp³-hybridized carbons (Fsp3) is 0.704. The highest BCUT2D eigenvalue weighted by molar-refractivity contribution is 6.05. The zero-order valence-electron chi connectivity index (χ0n) is 19.3. The first-order chi connectivity index (χ1) is 15.6. The highest BCUT2D eigenvalue weighted by Crippen LogP contribution is 2.44. The Hall–Kier alpha value is -1.72. The number of aliphatic imine (C=N–C) groups is 1. The van der Waals surface area contributed by atoms with E-state index >= 15 is 0 Å². The molecule has 0 aromatic heterocycles. The van der Waals surface area contributed by atoms with Crippen molar-refractivity contribution in [3.8, 4) is 0 Å². The second-order valence-corrected chi connectivity index (χ2v) is 11.0. The summed E-state index contributed by atoms with van der Waals surface area (Å²) in [5, 5.41) is 9.72. The molecular formula is C27H38N2O3. The molecule has 1 saturated heterocycles. The maximum atomic E-state index is 11.8. The third kappa shape index (κ3) is 4.79. The lowest BCUT2D eigenvalue weighted by molar-refractivity contribution is -0.157. The van der Waals surface area contributed by atoms with Gasteiger partial charge in [0.25, 0.3) is 0 Å². The molecule has 0 spiro atoms. The number of carbonyl (C=O) groups is 1. The smallest absolute Gasteiger partial charge is 0.310 e. The van der Waals surface area contributed by atoms with Crippen molar-refractivity contribution in [2.75, 3.05) is 39.4 Å². The number of rotatable bonds is 10. The quantitative estimate of drug-likeness (QED) is 0.572. The third-order valence-corrected chi connectivity index (χ3v) is 8.67. The van der Waals surface area contributed by atoms with E-state index in [1.807, 2.05) is 0 Å². The van der Waals surface area contributed by atoms with Gasteiger partial charge in [-0.3, -0.25) is 9.79 Å². The molecule has 4 aliphatic rings. The van der Waals surface area contributed by atoms with Gasteiger partial charge in [-0.2, -0.15) is 0 Å². The summed E-state index contributed by atoms with van der Waals surface area (Å²) in [6.45, 7) is 5.20. The number of benzene rings is 1. The van der Waals surface area contributed by atoms with Crippen molar-refractivity contribution in [1.29, 1.82) is 0 Å². The van der Waals surface area contributed by atoms with E-state index in [-0.39, 0.29) is 5.41 Å². The maximum absolute atomic E-state index is 11.8. The zero-order chi connectivity index (χ0) is 22.0. The number of hydrogen-bond acceptors (Lipinski definition) is 4. The van der Waals surface area contributed by atoms with Crippen molar-refractivity contribution in [1.82, 2.24) is 4.90 Å². The molecule has 1 unspecified atom stereocenters. The van der Waals surface area contributed by atoms with Crippen LogP contribution in [-0.2, 0) is 9.53 Å². The number of likely N-dealkylation sites (tertiary alicyclic amines) is 1. The van der Waals surface area contributed by atoms with Gasteiger partial charge in [0.15, 0.2) is 0 Å². The first kappa shape index (κ1) is 22.1. The molecule has 0 amide bonds. The highest BCUT2D eigenvalue weighted by atomic mass is 16.5. The summed E-state index contributed by atoms with van der Waals surface area (Å²) in [7, 11) is 0. The van der Waals surface area contributed by atoms with Crippen LogP contribution in [0.3, 0.4) is 0 Å². The molecular weight excluding hydrogens is 400 g/mol. The monoisotopic (exact) mass is 438 g/mol. The molecule has 1 aromatic carbocycles. The lowest BCUT2D eigenvalue weighted by Gasteiger charge is -2.46.